The number of hydrogen-bond donors (Lipinski definition) is 2. The fourth-order valence-electron chi connectivity index (χ4n) is 3.96. The summed E-state index contributed by atoms with van der Waals surface area (Å²) in [5.41, 5.74) is 2.98. The number of rotatable bonds is 8. The lowest BCUT2D eigenvalue weighted by Crippen LogP contribution is -2.29. The predicted molar refractivity (Wildman–Crippen MR) is 124 cm³/mol. The lowest BCUT2D eigenvalue weighted by Gasteiger charge is -2.27. The second kappa shape index (κ2) is 10.2. The van der Waals surface area contributed by atoms with Gasteiger partial charge in [0.2, 0.25) is 0 Å². The van der Waals surface area contributed by atoms with E-state index in [-0.39, 0.29) is 12.0 Å². The van der Waals surface area contributed by atoms with E-state index in [1.807, 2.05) is 38.4 Å². The molecule has 0 aliphatic heterocycles. The molecule has 174 valence electrons. The number of nitrogens with one attached hydrogen (secondary N) is 1. The Morgan fingerprint density at radius 1 is 1.33 bits per heavy atom. The Morgan fingerprint density at radius 2 is 2.18 bits per heavy atom. The van der Waals surface area contributed by atoms with E-state index in [0.717, 1.165) is 35.1 Å². The fraction of sp³-hybridized carbons (Fsp3) is 0.455. The van der Waals surface area contributed by atoms with E-state index >= 15 is 0 Å². The number of nitrogens with zero attached hydrogens (tertiary/aromatic N) is 6. The van der Waals surface area contributed by atoms with Gasteiger partial charge in [-0.05, 0) is 51.0 Å². The number of aryl methyl sites for hydroxylation is 2. The first-order valence-electron chi connectivity index (χ1n) is 10.8. The third kappa shape index (κ3) is 5.41. The third-order valence-corrected chi connectivity index (χ3v) is 6.42. The number of pyridine rings is 1. The van der Waals surface area contributed by atoms with Crippen LogP contribution in [-0.2, 0) is 18.4 Å². The average Bonchev–Trinajstić information content (AvgIpc) is 3.19. The van der Waals surface area contributed by atoms with Crippen molar-refractivity contribution in [2.45, 2.75) is 50.3 Å². The summed E-state index contributed by atoms with van der Waals surface area (Å²) in [5.74, 6) is 0.308. The maximum Gasteiger partial charge on any atom is 0.306 e. The van der Waals surface area contributed by atoms with Gasteiger partial charge in [0.15, 0.2) is 0 Å². The van der Waals surface area contributed by atoms with Crippen LogP contribution in [0.2, 0.25) is 0 Å². The molecule has 0 spiro atoms. The minimum absolute atomic E-state index is 0.110. The van der Waals surface area contributed by atoms with Gasteiger partial charge in [-0.15, -0.1) is 16.9 Å². The van der Waals surface area contributed by atoms with Crippen LogP contribution in [0.15, 0.2) is 29.6 Å². The zero-order valence-corrected chi connectivity index (χ0v) is 19.7. The molecule has 0 saturated heterocycles. The van der Waals surface area contributed by atoms with E-state index in [1.165, 1.54) is 6.33 Å². The molecule has 0 aromatic carbocycles. The summed E-state index contributed by atoms with van der Waals surface area (Å²) in [6.45, 7) is 2.36. The van der Waals surface area contributed by atoms with Crippen LogP contribution in [0.4, 0.5) is 5.82 Å². The van der Waals surface area contributed by atoms with E-state index in [0.29, 0.717) is 36.5 Å². The molecule has 1 aliphatic rings. The van der Waals surface area contributed by atoms with Gasteiger partial charge in [-0.1, -0.05) is 5.21 Å². The monoisotopic (exact) mass is 469 g/mol. The maximum atomic E-state index is 11.3. The zero-order chi connectivity index (χ0) is 23.4. The van der Waals surface area contributed by atoms with Crippen molar-refractivity contribution in [2.24, 2.45) is 13.0 Å². The van der Waals surface area contributed by atoms with Crippen LogP contribution in [0.5, 0.6) is 5.75 Å². The van der Waals surface area contributed by atoms with E-state index in [2.05, 4.69) is 25.6 Å². The van der Waals surface area contributed by atoms with Crippen LogP contribution >= 0.6 is 11.8 Å². The fourth-order valence-corrected chi connectivity index (χ4v) is 4.34. The largest absolute Gasteiger partial charge is 0.489 e. The topological polar surface area (TPSA) is 128 Å². The van der Waals surface area contributed by atoms with Gasteiger partial charge in [-0.2, -0.15) is 0 Å². The summed E-state index contributed by atoms with van der Waals surface area (Å²) in [5, 5.41) is 22.0. The first-order valence-corrected chi connectivity index (χ1v) is 12.0. The molecule has 3 heterocycles. The molecular formula is C22H27N7O3S. The van der Waals surface area contributed by atoms with Crippen molar-refractivity contribution in [3.63, 3.8) is 0 Å². The lowest BCUT2D eigenvalue weighted by molar-refractivity contribution is -0.143. The van der Waals surface area contributed by atoms with Crippen molar-refractivity contribution in [3.05, 3.63) is 35.9 Å². The minimum atomic E-state index is -0.746. The van der Waals surface area contributed by atoms with Crippen LogP contribution in [0.1, 0.15) is 37.1 Å². The normalized spacial score (nSPS) is 18.2. The summed E-state index contributed by atoms with van der Waals surface area (Å²) < 4.78 is 7.84. The van der Waals surface area contributed by atoms with Crippen LogP contribution in [0.3, 0.4) is 0 Å². The van der Waals surface area contributed by atoms with E-state index < -0.39 is 5.97 Å². The molecule has 10 nitrogen and oxygen atoms in total. The van der Waals surface area contributed by atoms with Crippen molar-refractivity contribution in [2.75, 3.05) is 11.6 Å². The van der Waals surface area contributed by atoms with Crippen LogP contribution in [0.25, 0.3) is 11.4 Å². The van der Waals surface area contributed by atoms with Crippen LogP contribution in [0, 0.1) is 12.8 Å². The molecule has 0 amide bonds. The van der Waals surface area contributed by atoms with Gasteiger partial charge in [0, 0.05) is 13.1 Å². The van der Waals surface area contributed by atoms with Gasteiger partial charge in [-0.3, -0.25) is 4.79 Å². The van der Waals surface area contributed by atoms with Crippen molar-refractivity contribution < 1.29 is 14.6 Å². The summed E-state index contributed by atoms with van der Waals surface area (Å²) in [4.78, 5) is 24.5. The number of carboxylic acids is 1. The molecule has 2 atom stereocenters. The Hall–Kier alpha value is -3.21. The van der Waals surface area contributed by atoms with Crippen LogP contribution < -0.4 is 10.1 Å². The number of aliphatic carboxylic acids is 1. The quantitative estimate of drug-likeness (QED) is 0.374. The Morgan fingerprint density at radius 3 is 2.94 bits per heavy atom. The second-order valence-electron chi connectivity index (χ2n) is 8.03. The van der Waals surface area contributed by atoms with E-state index in [1.54, 1.807) is 16.4 Å². The molecule has 11 heteroatoms. The van der Waals surface area contributed by atoms with Gasteiger partial charge < -0.3 is 15.2 Å². The highest BCUT2D eigenvalue weighted by Crippen LogP contribution is 2.30. The third-order valence-electron chi connectivity index (χ3n) is 5.78. The molecule has 33 heavy (non-hydrogen) atoms. The van der Waals surface area contributed by atoms with E-state index in [9.17, 15) is 9.90 Å². The number of thioether (sulfide) groups is 1. The summed E-state index contributed by atoms with van der Waals surface area (Å²) in [7, 11) is 1.84. The Balaban J connectivity index is 1.48. The van der Waals surface area contributed by atoms with Gasteiger partial charge in [0.05, 0.1) is 35.6 Å². The van der Waals surface area contributed by atoms with Gasteiger partial charge in [0.1, 0.15) is 28.6 Å². The predicted octanol–water partition coefficient (Wildman–Crippen LogP) is 3.33. The number of ether oxygens (including phenoxy) is 1. The van der Waals surface area contributed by atoms with Crippen molar-refractivity contribution in [1.82, 2.24) is 29.9 Å². The first-order chi connectivity index (χ1) is 15.9. The van der Waals surface area contributed by atoms with Gasteiger partial charge in [0.25, 0.3) is 0 Å². The lowest BCUT2D eigenvalue weighted by atomic mass is 9.87. The summed E-state index contributed by atoms with van der Waals surface area (Å²) in [6.07, 6.45) is 6.33. The molecule has 0 radical (unpaired) electrons. The molecule has 1 fully saturated rings. The highest BCUT2D eigenvalue weighted by atomic mass is 32.2. The summed E-state index contributed by atoms with van der Waals surface area (Å²) >= 11 is 1.55. The molecule has 2 N–H and O–H groups in total. The van der Waals surface area contributed by atoms with Crippen molar-refractivity contribution in [3.8, 4) is 17.1 Å². The molecule has 1 saturated carbocycles. The maximum absolute atomic E-state index is 11.3. The number of carbonyl (C=O) groups is 1. The number of anilines is 1. The van der Waals surface area contributed by atoms with Gasteiger partial charge in [-0.25, -0.2) is 19.6 Å². The first kappa shape index (κ1) is 23.0. The SMILES string of the molecule is CSc1cc(NCc2c(-c3ccc(O[C@H]4CCC[C@H](C(=O)O)C4)c(C)n3)nnn2C)ncn1. The Kier molecular flexibility index (Phi) is 7.07. The zero-order valence-electron chi connectivity index (χ0n) is 18.9. The minimum Gasteiger partial charge on any atom is -0.489 e. The van der Waals surface area contributed by atoms with E-state index in [4.69, 9.17) is 9.72 Å². The molecule has 3 aromatic heterocycles. The summed E-state index contributed by atoms with van der Waals surface area (Å²) in [6, 6.07) is 5.63. The average molecular weight is 470 g/mol. The van der Waals surface area contributed by atoms with Crippen molar-refractivity contribution >= 4 is 23.5 Å². The Labute approximate surface area is 196 Å². The number of hydrogen-bond acceptors (Lipinski definition) is 9. The van der Waals surface area contributed by atoms with Gasteiger partial charge >= 0.3 is 5.97 Å². The number of aromatic nitrogens is 6. The molecule has 4 rings (SSSR count). The molecular weight excluding hydrogens is 442 g/mol. The second-order valence-corrected chi connectivity index (χ2v) is 8.86. The standard InChI is InChI=1S/C22H27N7O3S/c1-13-18(32-15-6-4-5-14(9-15)22(30)31)8-7-16(26-13)21-17(29(2)28-27-21)11-23-19-10-20(33-3)25-12-24-19/h7-8,10,12,14-15H,4-6,9,11H2,1-3H3,(H,30,31)(H,23,24,25)/t14-,15-/m0/s1. The smallest absolute Gasteiger partial charge is 0.306 e. The highest BCUT2D eigenvalue weighted by Gasteiger charge is 2.28. The van der Waals surface area contributed by atoms with Crippen molar-refractivity contribution in [1.29, 1.82) is 0 Å². The molecule has 1 aliphatic carbocycles. The Bertz CT molecular complexity index is 1140. The molecule has 0 bridgehead atoms. The molecule has 3 aromatic rings. The molecule has 0 unspecified atom stereocenters. The number of carboxylic acid groups (broad SMARTS) is 1. The van der Waals surface area contributed by atoms with Crippen LogP contribution in [-0.4, -0.2) is 53.4 Å². The highest BCUT2D eigenvalue weighted by molar-refractivity contribution is 7.98.